The lowest BCUT2D eigenvalue weighted by atomic mass is 9.69. The highest BCUT2D eigenvalue weighted by molar-refractivity contribution is 7.17. The van der Waals surface area contributed by atoms with Crippen LogP contribution in [0.4, 0.5) is 0 Å². The van der Waals surface area contributed by atoms with Crippen LogP contribution in [0.2, 0.25) is 0 Å². The summed E-state index contributed by atoms with van der Waals surface area (Å²) in [5, 5.41) is 13.8. The molecule has 1 saturated carbocycles. The maximum Gasteiger partial charge on any atom is 0.0693 e. The van der Waals surface area contributed by atoms with Crippen molar-refractivity contribution in [1.82, 2.24) is 0 Å². The molecule has 3 rings (SSSR count). The largest absolute Gasteiger partial charge is 0.390 e. The molecule has 2 aromatic rings. The lowest BCUT2D eigenvalue weighted by molar-refractivity contribution is -0.0663. The smallest absolute Gasteiger partial charge is 0.0693 e. The Morgan fingerprint density at radius 2 is 2.12 bits per heavy atom. The van der Waals surface area contributed by atoms with Gasteiger partial charge in [0.1, 0.15) is 0 Å². The van der Waals surface area contributed by atoms with Crippen molar-refractivity contribution in [2.45, 2.75) is 31.8 Å². The summed E-state index contributed by atoms with van der Waals surface area (Å²) in [4.78, 5) is 0. The van der Waals surface area contributed by atoms with Gasteiger partial charge in [0.25, 0.3) is 0 Å². The molecule has 1 nitrogen and oxygen atoms in total. The zero-order chi connectivity index (χ0) is 11.2. The van der Waals surface area contributed by atoms with Crippen molar-refractivity contribution in [2.24, 2.45) is 5.92 Å². The summed E-state index contributed by atoms with van der Waals surface area (Å²) >= 11 is 1.78. The molecule has 1 heterocycles. The molecule has 0 aliphatic heterocycles. The van der Waals surface area contributed by atoms with Gasteiger partial charge in [0.05, 0.1) is 5.60 Å². The molecule has 16 heavy (non-hydrogen) atoms. The SMILES string of the molecule is CC1CC(O)(Cc2csc3ccccc23)C1. The van der Waals surface area contributed by atoms with Gasteiger partial charge in [-0.25, -0.2) is 0 Å². The molecule has 1 aromatic carbocycles. The fraction of sp³-hybridized carbons (Fsp3) is 0.429. The van der Waals surface area contributed by atoms with E-state index in [-0.39, 0.29) is 0 Å². The average molecular weight is 232 g/mol. The molecule has 0 radical (unpaired) electrons. The lowest BCUT2D eigenvalue weighted by Gasteiger charge is -2.42. The molecule has 1 aliphatic carbocycles. The molecule has 0 saturated heterocycles. The Morgan fingerprint density at radius 3 is 2.88 bits per heavy atom. The minimum atomic E-state index is -0.427. The summed E-state index contributed by atoms with van der Waals surface area (Å²) in [6.45, 7) is 2.21. The second kappa shape index (κ2) is 3.57. The van der Waals surface area contributed by atoms with Crippen molar-refractivity contribution < 1.29 is 5.11 Å². The molecule has 1 fully saturated rings. The van der Waals surface area contributed by atoms with Crippen LogP contribution >= 0.6 is 11.3 Å². The third-order valence-corrected chi connectivity index (χ3v) is 4.55. The van der Waals surface area contributed by atoms with Gasteiger partial charge in [0.15, 0.2) is 0 Å². The summed E-state index contributed by atoms with van der Waals surface area (Å²) in [6.07, 6.45) is 2.73. The Bertz CT molecular complexity index is 508. The maximum atomic E-state index is 10.3. The van der Waals surface area contributed by atoms with Crippen LogP contribution in [0.25, 0.3) is 10.1 Å². The predicted octanol–water partition coefficient (Wildman–Crippen LogP) is 3.60. The minimum absolute atomic E-state index is 0.427. The monoisotopic (exact) mass is 232 g/mol. The highest BCUT2D eigenvalue weighted by atomic mass is 32.1. The van der Waals surface area contributed by atoms with E-state index in [1.54, 1.807) is 11.3 Å². The van der Waals surface area contributed by atoms with E-state index in [1.807, 2.05) is 0 Å². The van der Waals surface area contributed by atoms with Crippen molar-refractivity contribution in [3.8, 4) is 0 Å². The van der Waals surface area contributed by atoms with Crippen LogP contribution < -0.4 is 0 Å². The Hall–Kier alpha value is -0.860. The van der Waals surface area contributed by atoms with E-state index in [0.717, 1.165) is 19.3 Å². The summed E-state index contributed by atoms with van der Waals surface area (Å²) < 4.78 is 1.33. The molecule has 0 bridgehead atoms. The Kier molecular flexibility index (Phi) is 2.30. The molecular weight excluding hydrogens is 216 g/mol. The van der Waals surface area contributed by atoms with Crippen LogP contribution in [0.1, 0.15) is 25.3 Å². The Labute approximate surface area is 99.7 Å². The number of benzene rings is 1. The maximum absolute atomic E-state index is 10.3. The predicted molar refractivity (Wildman–Crippen MR) is 68.9 cm³/mol. The first kappa shape index (κ1) is 10.3. The molecule has 0 unspecified atom stereocenters. The standard InChI is InChI=1S/C14H16OS/c1-10-6-14(15,7-10)8-11-9-16-13-5-3-2-4-12(11)13/h2-5,9-10,15H,6-8H2,1H3. The first-order chi connectivity index (χ1) is 7.66. The molecule has 2 heteroatoms. The van der Waals surface area contributed by atoms with Crippen LogP contribution in [0.5, 0.6) is 0 Å². The van der Waals surface area contributed by atoms with Crippen LogP contribution in [0, 0.1) is 5.92 Å². The van der Waals surface area contributed by atoms with E-state index >= 15 is 0 Å². The van der Waals surface area contributed by atoms with E-state index < -0.39 is 5.60 Å². The van der Waals surface area contributed by atoms with Gasteiger partial charge in [-0.05, 0) is 41.2 Å². The van der Waals surface area contributed by atoms with E-state index in [1.165, 1.54) is 15.6 Å². The molecule has 84 valence electrons. The van der Waals surface area contributed by atoms with Crippen LogP contribution in [0.3, 0.4) is 0 Å². The van der Waals surface area contributed by atoms with Gasteiger partial charge in [-0.3, -0.25) is 0 Å². The van der Waals surface area contributed by atoms with Gasteiger partial charge in [-0.1, -0.05) is 25.1 Å². The quantitative estimate of drug-likeness (QED) is 0.838. The van der Waals surface area contributed by atoms with E-state index in [9.17, 15) is 5.11 Å². The van der Waals surface area contributed by atoms with Crippen LogP contribution in [-0.4, -0.2) is 10.7 Å². The fourth-order valence-corrected chi connectivity index (χ4v) is 3.87. The number of aliphatic hydroxyl groups is 1. The summed E-state index contributed by atoms with van der Waals surface area (Å²) in [7, 11) is 0. The summed E-state index contributed by atoms with van der Waals surface area (Å²) in [5.41, 5.74) is 0.887. The second-order valence-electron chi connectivity index (χ2n) is 5.17. The molecule has 1 aromatic heterocycles. The van der Waals surface area contributed by atoms with Crippen molar-refractivity contribution in [2.75, 3.05) is 0 Å². The highest BCUT2D eigenvalue weighted by Gasteiger charge is 2.40. The van der Waals surface area contributed by atoms with Gasteiger partial charge in [0.2, 0.25) is 0 Å². The van der Waals surface area contributed by atoms with Crippen molar-refractivity contribution >= 4 is 21.4 Å². The third kappa shape index (κ3) is 1.66. The van der Waals surface area contributed by atoms with Crippen LogP contribution in [-0.2, 0) is 6.42 Å². The normalized spacial score (nSPS) is 29.2. The fourth-order valence-electron chi connectivity index (χ4n) is 2.91. The second-order valence-corrected chi connectivity index (χ2v) is 6.08. The zero-order valence-corrected chi connectivity index (χ0v) is 10.3. The number of fused-ring (bicyclic) bond motifs is 1. The summed E-state index contributed by atoms with van der Waals surface area (Å²) in [5.74, 6) is 0.690. The van der Waals surface area contributed by atoms with E-state index in [4.69, 9.17) is 0 Å². The van der Waals surface area contributed by atoms with Crippen LogP contribution in [0.15, 0.2) is 29.6 Å². The molecular formula is C14H16OS. The highest BCUT2D eigenvalue weighted by Crippen LogP contribution is 2.41. The van der Waals surface area contributed by atoms with E-state index in [2.05, 4.69) is 36.6 Å². The Morgan fingerprint density at radius 1 is 1.38 bits per heavy atom. The molecule has 0 amide bonds. The Balaban J connectivity index is 1.90. The topological polar surface area (TPSA) is 20.2 Å². The first-order valence-electron chi connectivity index (χ1n) is 5.84. The van der Waals surface area contributed by atoms with Gasteiger partial charge in [-0.2, -0.15) is 0 Å². The van der Waals surface area contributed by atoms with Crippen molar-refractivity contribution in [1.29, 1.82) is 0 Å². The first-order valence-corrected chi connectivity index (χ1v) is 6.72. The molecule has 0 spiro atoms. The zero-order valence-electron chi connectivity index (χ0n) is 9.44. The molecule has 1 aliphatic rings. The van der Waals surface area contributed by atoms with Gasteiger partial charge >= 0.3 is 0 Å². The molecule has 1 N–H and O–H groups in total. The van der Waals surface area contributed by atoms with E-state index in [0.29, 0.717) is 5.92 Å². The van der Waals surface area contributed by atoms with Crippen molar-refractivity contribution in [3.63, 3.8) is 0 Å². The molecule has 0 atom stereocenters. The van der Waals surface area contributed by atoms with Gasteiger partial charge < -0.3 is 5.11 Å². The number of rotatable bonds is 2. The lowest BCUT2D eigenvalue weighted by Crippen LogP contribution is -2.44. The number of hydrogen-bond donors (Lipinski definition) is 1. The van der Waals surface area contributed by atoms with Crippen molar-refractivity contribution in [3.05, 3.63) is 35.2 Å². The van der Waals surface area contributed by atoms with Gasteiger partial charge in [0, 0.05) is 11.1 Å². The number of hydrogen-bond acceptors (Lipinski definition) is 2. The number of thiophene rings is 1. The third-order valence-electron chi connectivity index (χ3n) is 3.54. The minimum Gasteiger partial charge on any atom is -0.390 e. The van der Waals surface area contributed by atoms with Gasteiger partial charge in [-0.15, -0.1) is 11.3 Å². The summed E-state index contributed by atoms with van der Waals surface area (Å²) in [6, 6.07) is 8.46. The average Bonchev–Trinajstić information content (AvgIpc) is 2.60.